The van der Waals surface area contributed by atoms with Crippen molar-refractivity contribution in [2.24, 2.45) is 0 Å². The van der Waals surface area contributed by atoms with Gasteiger partial charge in [0.2, 0.25) is 5.91 Å². The summed E-state index contributed by atoms with van der Waals surface area (Å²) in [6.45, 7) is 3.57. The number of nitrogens with zero attached hydrogens (tertiary/aromatic N) is 3. The van der Waals surface area contributed by atoms with Crippen molar-refractivity contribution in [1.82, 2.24) is 9.80 Å². The fourth-order valence-electron chi connectivity index (χ4n) is 5.31. The highest BCUT2D eigenvalue weighted by atomic mass is 16.5. The lowest BCUT2D eigenvalue weighted by molar-refractivity contribution is -0.123. The first-order chi connectivity index (χ1) is 15.1. The first kappa shape index (κ1) is 20.2. The van der Waals surface area contributed by atoms with Crippen molar-refractivity contribution < 1.29 is 14.3 Å². The molecule has 0 bridgehead atoms. The Labute approximate surface area is 183 Å². The predicted molar refractivity (Wildman–Crippen MR) is 119 cm³/mol. The summed E-state index contributed by atoms with van der Waals surface area (Å²) in [4.78, 5) is 31.9. The third-order valence-corrected chi connectivity index (χ3v) is 7.08. The number of piperazine rings is 1. The molecule has 1 aliphatic carbocycles. The van der Waals surface area contributed by atoms with E-state index in [9.17, 15) is 9.59 Å². The average Bonchev–Trinajstić information content (AvgIpc) is 3.12. The number of aryl methyl sites for hydroxylation is 1. The molecule has 5 rings (SSSR count). The lowest BCUT2D eigenvalue weighted by Gasteiger charge is -2.42. The Morgan fingerprint density at radius 1 is 0.839 bits per heavy atom. The smallest absolute Gasteiger partial charge is 0.251 e. The van der Waals surface area contributed by atoms with Crippen LogP contribution in [0.25, 0.3) is 0 Å². The summed E-state index contributed by atoms with van der Waals surface area (Å²) in [5.41, 5.74) is 3.59. The van der Waals surface area contributed by atoms with Gasteiger partial charge in [0.15, 0.2) is 0 Å². The second-order valence-electron chi connectivity index (χ2n) is 8.72. The standard InChI is InChI=1S/C25H29N3O3/c1-31-22-10-8-20(9-11-22)28-24(29)17-23(25(28)30)27-14-12-26(13-15-27)21-7-6-18-4-2-3-5-19(18)16-21/h2-5,8-11,21,23H,6-7,12-17H2,1H3/t21-,23-/m0/s1. The van der Waals surface area contributed by atoms with Crippen LogP contribution in [0, 0.1) is 0 Å². The first-order valence-corrected chi connectivity index (χ1v) is 11.2. The molecular weight excluding hydrogens is 390 g/mol. The molecule has 6 heteroatoms. The maximum absolute atomic E-state index is 13.1. The minimum atomic E-state index is -0.344. The third-order valence-electron chi connectivity index (χ3n) is 7.08. The van der Waals surface area contributed by atoms with Gasteiger partial charge in [-0.3, -0.25) is 19.4 Å². The highest BCUT2D eigenvalue weighted by Crippen LogP contribution is 2.29. The number of hydrogen-bond acceptors (Lipinski definition) is 5. The van der Waals surface area contributed by atoms with E-state index in [0.29, 0.717) is 17.5 Å². The van der Waals surface area contributed by atoms with Gasteiger partial charge in [-0.2, -0.15) is 0 Å². The summed E-state index contributed by atoms with van der Waals surface area (Å²) in [5.74, 6) is 0.488. The molecule has 0 aromatic heterocycles. The van der Waals surface area contributed by atoms with E-state index in [-0.39, 0.29) is 24.3 Å². The zero-order chi connectivity index (χ0) is 21.4. The van der Waals surface area contributed by atoms with E-state index < -0.39 is 0 Å². The van der Waals surface area contributed by atoms with Crippen molar-refractivity contribution in [3.05, 3.63) is 59.7 Å². The van der Waals surface area contributed by atoms with Crippen molar-refractivity contribution in [3.63, 3.8) is 0 Å². The van der Waals surface area contributed by atoms with Crippen molar-refractivity contribution in [3.8, 4) is 5.75 Å². The van der Waals surface area contributed by atoms with Crippen LogP contribution in [0.15, 0.2) is 48.5 Å². The number of rotatable bonds is 4. The van der Waals surface area contributed by atoms with Crippen LogP contribution in [-0.2, 0) is 22.4 Å². The minimum absolute atomic E-state index is 0.102. The Morgan fingerprint density at radius 2 is 1.52 bits per heavy atom. The molecule has 6 nitrogen and oxygen atoms in total. The van der Waals surface area contributed by atoms with Crippen molar-refractivity contribution in [2.75, 3.05) is 38.2 Å². The molecule has 2 aromatic rings. The Bertz CT molecular complexity index is 966. The van der Waals surface area contributed by atoms with Gasteiger partial charge in [-0.05, 0) is 54.7 Å². The van der Waals surface area contributed by atoms with Gasteiger partial charge >= 0.3 is 0 Å². The van der Waals surface area contributed by atoms with Crippen LogP contribution in [0.1, 0.15) is 24.0 Å². The molecule has 31 heavy (non-hydrogen) atoms. The third kappa shape index (κ3) is 3.86. The summed E-state index contributed by atoms with van der Waals surface area (Å²) in [6, 6.07) is 16.1. The van der Waals surface area contributed by atoms with E-state index in [1.165, 1.54) is 22.4 Å². The maximum Gasteiger partial charge on any atom is 0.251 e. The van der Waals surface area contributed by atoms with Crippen LogP contribution in [0.3, 0.4) is 0 Å². The summed E-state index contributed by atoms with van der Waals surface area (Å²) >= 11 is 0. The summed E-state index contributed by atoms with van der Waals surface area (Å²) < 4.78 is 5.18. The second-order valence-corrected chi connectivity index (χ2v) is 8.72. The van der Waals surface area contributed by atoms with Gasteiger partial charge in [-0.1, -0.05) is 24.3 Å². The van der Waals surface area contributed by atoms with E-state index in [1.807, 2.05) is 0 Å². The van der Waals surface area contributed by atoms with Crippen molar-refractivity contribution in [1.29, 1.82) is 0 Å². The minimum Gasteiger partial charge on any atom is -0.497 e. The Morgan fingerprint density at radius 3 is 2.23 bits per heavy atom. The molecule has 0 saturated carbocycles. The fourth-order valence-corrected chi connectivity index (χ4v) is 5.31. The SMILES string of the molecule is COc1ccc(N2C(=O)C[C@H](N3CCN([C@H]4CCc5ccccc5C4)CC3)C2=O)cc1. The predicted octanol–water partition coefficient (Wildman–Crippen LogP) is 2.50. The highest BCUT2D eigenvalue weighted by molar-refractivity contribution is 6.22. The number of fused-ring (bicyclic) bond motifs is 1. The van der Waals surface area contributed by atoms with Crippen LogP contribution >= 0.6 is 0 Å². The number of methoxy groups -OCH3 is 1. The largest absolute Gasteiger partial charge is 0.497 e. The number of ether oxygens (including phenoxy) is 1. The lowest BCUT2D eigenvalue weighted by Crippen LogP contribution is -2.55. The molecule has 2 atom stereocenters. The van der Waals surface area contributed by atoms with Gasteiger partial charge in [-0.25, -0.2) is 4.90 Å². The zero-order valence-electron chi connectivity index (χ0n) is 18.0. The number of carbonyl (C=O) groups excluding carboxylic acids is 2. The van der Waals surface area contributed by atoms with Gasteiger partial charge in [0, 0.05) is 32.2 Å². The average molecular weight is 420 g/mol. The van der Waals surface area contributed by atoms with Gasteiger partial charge in [0.25, 0.3) is 5.91 Å². The van der Waals surface area contributed by atoms with Crippen LogP contribution in [0.4, 0.5) is 5.69 Å². The topological polar surface area (TPSA) is 53.1 Å². The number of hydrogen-bond donors (Lipinski definition) is 0. The van der Waals surface area contributed by atoms with Crippen LogP contribution in [-0.4, -0.2) is 67.0 Å². The molecule has 0 radical (unpaired) electrons. The molecule has 3 aliphatic rings. The van der Waals surface area contributed by atoms with E-state index in [0.717, 1.165) is 39.0 Å². The van der Waals surface area contributed by atoms with Gasteiger partial charge < -0.3 is 4.74 Å². The van der Waals surface area contributed by atoms with Gasteiger partial charge in [0.1, 0.15) is 5.75 Å². The Balaban J connectivity index is 1.21. The maximum atomic E-state index is 13.1. The summed E-state index contributed by atoms with van der Waals surface area (Å²) in [6.07, 6.45) is 3.72. The van der Waals surface area contributed by atoms with Crippen molar-refractivity contribution in [2.45, 2.75) is 37.8 Å². The number of benzene rings is 2. The van der Waals surface area contributed by atoms with E-state index in [2.05, 4.69) is 34.1 Å². The zero-order valence-corrected chi connectivity index (χ0v) is 18.0. The number of anilines is 1. The Kier molecular flexibility index (Phi) is 5.50. The quantitative estimate of drug-likeness (QED) is 0.713. The second kappa shape index (κ2) is 8.44. The molecule has 2 aliphatic heterocycles. The number of amides is 2. The lowest BCUT2D eigenvalue weighted by atomic mass is 9.87. The molecule has 0 unspecified atom stereocenters. The first-order valence-electron chi connectivity index (χ1n) is 11.2. The number of imide groups is 1. The molecule has 0 N–H and O–H groups in total. The molecule has 162 valence electrons. The van der Waals surface area contributed by atoms with E-state index in [4.69, 9.17) is 4.74 Å². The van der Waals surface area contributed by atoms with Crippen LogP contribution in [0.2, 0.25) is 0 Å². The molecule has 0 spiro atoms. The molecule has 2 amide bonds. The summed E-state index contributed by atoms with van der Waals surface area (Å²) in [5, 5.41) is 0. The highest BCUT2D eigenvalue weighted by Gasteiger charge is 2.43. The van der Waals surface area contributed by atoms with Gasteiger partial charge in [0.05, 0.1) is 25.3 Å². The molecule has 2 heterocycles. The Hall–Kier alpha value is -2.70. The fraction of sp³-hybridized carbons (Fsp3) is 0.440. The summed E-state index contributed by atoms with van der Waals surface area (Å²) in [7, 11) is 1.60. The van der Waals surface area contributed by atoms with E-state index >= 15 is 0 Å². The van der Waals surface area contributed by atoms with E-state index in [1.54, 1.807) is 31.4 Å². The van der Waals surface area contributed by atoms with Crippen molar-refractivity contribution >= 4 is 17.5 Å². The molecule has 2 saturated heterocycles. The van der Waals surface area contributed by atoms with Crippen LogP contribution < -0.4 is 9.64 Å². The van der Waals surface area contributed by atoms with Gasteiger partial charge in [-0.15, -0.1) is 0 Å². The monoisotopic (exact) mass is 419 g/mol. The van der Waals surface area contributed by atoms with Crippen LogP contribution in [0.5, 0.6) is 5.75 Å². The normalized spacial score (nSPS) is 25.0. The molecular formula is C25H29N3O3. The molecule has 2 fully saturated rings. The number of carbonyl (C=O) groups is 2. The molecule has 2 aromatic carbocycles.